The molecule has 0 heterocycles. The number of alkyl halides is 1. The van der Waals surface area contributed by atoms with Crippen molar-refractivity contribution in [2.24, 2.45) is 0 Å². The molecule has 0 atom stereocenters. The molecule has 0 saturated heterocycles. The maximum absolute atomic E-state index is 6.16. The van der Waals surface area contributed by atoms with Crippen LogP contribution in [0, 0.1) is 0 Å². The summed E-state index contributed by atoms with van der Waals surface area (Å²) >= 11 is 9.47. The molecule has 1 nitrogen and oxygen atoms in total. The normalized spacial score (nSPS) is 19.2. The summed E-state index contributed by atoms with van der Waals surface area (Å²) in [7, 11) is 0. The molecule has 17 heavy (non-hydrogen) atoms. The van der Waals surface area contributed by atoms with Crippen LogP contribution in [0.4, 0.5) is 0 Å². The van der Waals surface area contributed by atoms with Gasteiger partial charge in [-0.1, -0.05) is 58.9 Å². The van der Waals surface area contributed by atoms with Crippen molar-refractivity contribution in [3.05, 3.63) is 34.9 Å². The summed E-state index contributed by atoms with van der Waals surface area (Å²) in [5.74, 6) is 0. The van der Waals surface area contributed by atoms with Gasteiger partial charge >= 0.3 is 0 Å². The first-order valence-corrected chi connectivity index (χ1v) is 7.68. The lowest BCUT2D eigenvalue weighted by Gasteiger charge is -2.35. The lowest BCUT2D eigenvalue weighted by Crippen LogP contribution is -2.36. The molecule has 0 spiro atoms. The molecule has 0 aromatic heterocycles. The van der Waals surface area contributed by atoms with Crippen LogP contribution < -0.4 is 0 Å². The zero-order valence-electron chi connectivity index (χ0n) is 9.92. The van der Waals surface area contributed by atoms with E-state index in [4.69, 9.17) is 16.3 Å². The summed E-state index contributed by atoms with van der Waals surface area (Å²) in [6, 6.07) is 7.91. The number of ether oxygens (including phenoxy) is 1. The molecule has 0 N–H and O–H groups in total. The Morgan fingerprint density at radius 3 is 2.35 bits per heavy atom. The van der Waals surface area contributed by atoms with Gasteiger partial charge in [0.1, 0.15) is 0 Å². The Kier molecular flexibility index (Phi) is 4.89. The third kappa shape index (κ3) is 3.70. The maximum atomic E-state index is 6.16. The summed E-state index contributed by atoms with van der Waals surface area (Å²) < 4.78 is 6.16. The summed E-state index contributed by atoms with van der Waals surface area (Å²) in [6.45, 7) is 0.683. The molecule has 1 aliphatic rings. The monoisotopic (exact) mass is 316 g/mol. The Labute approximate surface area is 117 Å². The van der Waals surface area contributed by atoms with Gasteiger partial charge in [0, 0.05) is 10.4 Å². The SMILES string of the molecule is Clc1ccc(COC2(CBr)CCCCC2)cc1. The van der Waals surface area contributed by atoms with Gasteiger partial charge in [-0.2, -0.15) is 0 Å². The van der Waals surface area contributed by atoms with Gasteiger partial charge < -0.3 is 4.74 Å². The smallest absolute Gasteiger partial charge is 0.0783 e. The van der Waals surface area contributed by atoms with E-state index in [0.29, 0.717) is 6.61 Å². The molecular weight excluding hydrogens is 300 g/mol. The van der Waals surface area contributed by atoms with Crippen LogP contribution in [0.15, 0.2) is 24.3 Å². The van der Waals surface area contributed by atoms with Gasteiger partial charge in [0.25, 0.3) is 0 Å². The van der Waals surface area contributed by atoms with Crippen molar-refractivity contribution < 1.29 is 4.74 Å². The zero-order chi connectivity index (χ0) is 12.1. The number of rotatable bonds is 4. The fraction of sp³-hybridized carbons (Fsp3) is 0.571. The van der Waals surface area contributed by atoms with Crippen LogP contribution in [0.25, 0.3) is 0 Å². The van der Waals surface area contributed by atoms with Gasteiger partial charge in [-0.15, -0.1) is 0 Å². The van der Waals surface area contributed by atoms with Crippen LogP contribution in [0.2, 0.25) is 5.02 Å². The highest BCUT2D eigenvalue weighted by atomic mass is 79.9. The number of halogens is 2. The van der Waals surface area contributed by atoms with Crippen molar-refractivity contribution in [1.82, 2.24) is 0 Å². The van der Waals surface area contributed by atoms with Crippen LogP contribution in [0.1, 0.15) is 37.7 Å². The molecule has 94 valence electrons. The third-order valence-corrected chi connectivity index (χ3v) is 4.74. The topological polar surface area (TPSA) is 9.23 Å². The zero-order valence-corrected chi connectivity index (χ0v) is 12.3. The largest absolute Gasteiger partial charge is 0.369 e. The molecule has 1 aromatic carbocycles. The lowest BCUT2D eigenvalue weighted by atomic mass is 9.86. The Hall–Kier alpha value is -0.0500. The first-order chi connectivity index (χ1) is 8.24. The summed E-state index contributed by atoms with van der Waals surface area (Å²) in [4.78, 5) is 0. The van der Waals surface area contributed by atoms with E-state index in [1.165, 1.54) is 37.7 Å². The van der Waals surface area contributed by atoms with Crippen LogP contribution in [0.3, 0.4) is 0 Å². The van der Waals surface area contributed by atoms with E-state index in [1.807, 2.05) is 24.3 Å². The number of hydrogen-bond donors (Lipinski definition) is 0. The highest BCUT2D eigenvalue weighted by Crippen LogP contribution is 2.34. The molecular formula is C14H18BrClO. The second-order valence-corrected chi connectivity index (χ2v) is 5.79. The molecule has 0 amide bonds. The van der Waals surface area contributed by atoms with Gasteiger partial charge in [-0.3, -0.25) is 0 Å². The molecule has 1 fully saturated rings. The Bertz CT molecular complexity index is 344. The average Bonchev–Trinajstić information content (AvgIpc) is 2.39. The lowest BCUT2D eigenvalue weighted by molar-refractivity contribution is -0.0619. The first kappa shape index (κ1) is 13.4. The predicted molar refractivity (Wildman–Crippen MR) is 75.9 cm³/mol. The van der Waals surface area contributed by atoms with Crippen molar-refractivity contribution in [3.63, 3.8) is 0 Å². The van der Waals surface area contributed by atoms with Crippen LogP contribution in [-0.2, 0) is 11.3 Å². The summed E-state index contributed by atoms with van der Waals surface area (Å²) in [5.41, 5.74) is 1.25. The van der Waals surface area contributed by atoms with Crippen molar-refractivity contribution in [2.75, 3.05) is 5.33 Å². The fourth-order valence-electron chi connectivity index (χ4n) is 2.33. The molecule has 0 bridgehead atoms. The third-order valence-electron chi connectivity index (χ3n) is 3.47. The van der Waals surface area contributed by atoms with Gasteiger partial charge in [-0.05, 0) is 30.5 Å². The van der Waals surface area contributed by atoms with E-state index in [9.17, 15) is 0 Å². The Morgan fingerprint density at radius 1 is 1.12 bits per heavy atom. The highest BCUT2D eigenvalue weighted by Gasteiger charge is 2.31. The van der Waals surface area contributed by atoms with Gasteiger partial charge in [-0.25, -0.2) is 0 Å². The number of benzene rings is 1. The van der Waals surface area contributed by atoms with Gasteiger partial charge in [0.15, 0.2) is 0 Å². The molecule has 1 aliphatic carbocycles. The minimum Gasteiger partial charge on any atom is -0.369 e. The van der Waals surface area contributed by atoms with Gasteiger partial charge in [0.2, 0.25) is 0 Å². The second kappa shape index (κ2) is 6.21. The van der Waals surface area contributed by atoms with Gasteiger partial charge in [0.05, 0.1) is 12.2 Å². The standard InChI is InChI=1S/C14H18BrClO/c15-11-14(8-2-1-3-9-14)17-10-12-4-6-13(16)7-5-12/h4-7H,1-3,8-11H2. The minimum absolute atomic E-state index is 0.0535. The predicted octanol–water partition coefficient (Wildman–Crippen LogP) is 4.95. The van der Waals surface area contributed by atoms with E-state index in [-0.39, 0.29) is 5.60 Å². The second-order valence-electron chi connectivity index (χ2n) is 4.79. The Balaban J connectivity index is 1.93. The Morgan fingerprint density at radius 2 is 1.76 bits per heavy atom. The summed E-state index contributed by atoms with van der Waals surface area (Å²) in [6.07, 6.45) is 6.26. The maximum Gasteiger partial charge on any atom is 0.0783 e. The summed E-state index contributed by atoms with van der Waals surface area (Å²) in [5, 5.41) is 1.72. The molecule has 3 heteroatoms. The van der Waals surface area contributed by atoms with E-state index in [0.717, 1.165) is 10.4 Å². The molecule has 0 radical (unpaired) electrons. The molecule has 0 aliphatic heterocycles. The minimum atomic E-state index is 0.0535. The van der Waals surface area contributed by atoms with E-state index >= 15 is 0 Å². The van der Waals surface area contributed by atoms with E-state index in [2.05, 4.69) is 15.9 Å². The first-order valence-electron chi connectivity index (χ1n) is 6.18. The van der Waals surface area contributed by atoms with Crippen LogP contribution in [0.5, 0.6) is 0 Å². The van der Waals surface area contributed by atoms with Crippen molar-refractivity contribution >= 4 is 27.5 Å². The van der Waals surface area contributed by atoms with Crippen molar-refractivity contribution in [2.45, 2.75) is 44.3 Å². The van der Waals surface area contributed by atoms with Crippen LogP contribution in [-0.4, -0.2) is 10.9 Å². The molecule has 1 saturated carbocycles. The quantitative estimate of drug-likeness (QED) is 0.714. The molecule has 0 unspecified atom stereocenters. The van der Waals surface area contributed by atoms with E-state index < -0.39 is 0 Å². The molecule has 2 rings (SSSR count). The van der Waals surface area contributed by atoms with E-state index in [1.54, 1.807) is 0 Å². The number of hydrogen-bond acceptors (Lipinski definition) is 1. The average molecular weight is 318 g/mol. The van der Waals surface area contributed by atoms with Crippen molar-refractivity contribution in [3.8, 4) is 0 Å². The van der Waals surface area contributed by atoms with Crippen molar-refractivity contribution in [1.29, 1.82) is 0 Å². The fourth-order valence-corrected chi connectivity index (χ4v) is 3.18. The molecule has 1 aromatic rings. The highest BCUT2D eigenvalue weighted by molar-refractivity contribution is 9.09. The van der Waals surface area contributed by atoms with Crippen LogP contribution >= 0.6 is 27.5 Å².